The van der Waals surface area contributed by atoms with Gasteiger partial charge in [-0.1, -0.05) is 13.8 Å². The largest absolute Gasteiger partial charge is 0.480 e. The van der Waals surface area contributed by atoms with Crippen LogP contribution in [-0.4, -0.2) is 86.8 Å². The Labute approximate surface area is 170 Å². The number of aliphatic hydroxyl groups excluding tert-OH is 2. The molecule has 0 amide bonds. The fourth-order valence-electron chi connectivity index (χ4n) is 1.18. The molecular formula is C16H37N3O8S. The predicted molar refractivity (Wildman–Crippen MR) is 109 cm³/mol. The van der Waals surface area contributed by atoms with Crippen molar-refractivity contribution in [3.8, 4) is 0 Å². The van der Waals surface area contributed by atoms with Gasteiger partial charge in [0.15, 0.2) is 0 Å². The maximum Gasteiger partial charge on any atom is 0.323 e. The van der Waals surface area contributed by atoms with E-state index in [-0.39, 0.29) is 0 Å². The van der Waals surface area contributed by atoms with E-state index in [1.54, 1.807) is 11.8 Å². The SMILES string of the molecule is CC(C)CC(N)C(=O)O.CC(O)C(N)C(=O)O.CO.CSCCC(N)C(=O)O. The summed E-state index contributed by atoms with van der Waals surface area (Å²) in [6.45, 7) is 5.23. The van der Waals surface area contributed by atoms with Crippen LogP contribution in [0.4, 0.5) is 0 Å². The van der Waals surface area contributed by atoms with E-state index in [9.17, 15) is 14.4 Å². The normalized spacial score (nSPS) is 13.8. The van der Waals surface area contributed by atoms with Crippen molar-refractivity contribution in [2.24, 2.45) is 23.1 Å². The summed E-state index contributed by atoms with van der Waals surface area (Å²) in [5.41, 5.74) is 15.3. The average molecular weight is 432 g/mol. The third-order valence-electron chi connectivity index (χ3n) is 2.80. The molecule has 0 spiro atoms. The average Bonchev–Trinajstić information content (AvgIpc) is 2.60. The fourth-order valence-corrected chi connectivity index (χ4v) is 1.67. The number of carboxylic acids is 3. The molecule has 0 aromatic rings. The van der Waals surface area contributed by atoms with Gasteiger partial charge in [-0.05, 0) is 37.7 Å². The highest BCUT2D eigenvalue weighted by atomic mass is 32.2. The van der Waals surface area contributed by atoms with E-state index in [2.05, 4.69) is 0 Å². The lowest BCUT2D eigenvalue weighted by Gasteiger charge is -2.07. The first kappa shape index (κ1) is 34.1. The van der Waals surface area contributed by atoms with Gasteiger partial charge in [0.05, 0.1) is 6.10 Å². The molecule has 11 N–H and O–H groups in total. The van der Waals surface area contributed by atoms with Crippen LogP contribution in [0.3, 0.4) is 0 Å². The molecule has 11 nitrogen and oxygen atoms in total. The maximum atomic E-state index is 10.1. The number of hydrogen-bond acceptors (Lipinski definition) is 9. The van der Waals surface area contributed by atoms with E-state index in [0.717, 1.165) is 12.9 Å². The Morgan fingerprint density at radius 1 is 0.857 bits per heavy atom. The Hall–Kier alpha value is -1.44. The van der Waals surface area contributed by atoms with E-state index in [1.807, 2.05) is 20.1 Å². The quantitative estimate of drug-likeness (QED) is 0.219. The zero-order valence-electron chi connectivity index (χ0n) is 17.1. The molecule has 12 heteroatoms. The maximum absolute atomic E-state index is 10.1. The molecule has 170 valence electrons. The smallest absolute Gasteiger partial charge is 0.323 e. The van der Waals surface area contributed by atoms with Crippen molar-refractivity contribution >= 4 is 29.7 Å². The second kappa shape index (κ2) is 21.9. The van der Waals surface area contributed by atoms with Gasteiger partial charge in [0.25, 0.3) is 0 Å². The Bertz CT molecular complexity index is 411. The first-order valence-corrected chi connectivity index (χ1v) is 9.74. The summed E-state index contributed by atoms with van der Waals surface area (Å²) in [4.78, 5) is 30.0. The van der Waals surface area contributed by atoms with Crippen molar-refractivity contribution in [2.75, 3.05) is 19.1 Å². The molecule has 28 heavy (non-hydrogen) atoms. The summed E-state index contributed by atoms with van der Waals surface area (Å²) in [5, 5.41) is 40.1. The van der Waals surface area contributed by atoms with Gasteiger partial charge in [0.1, 0.15) is 18.1 Å². The van der Waals surface area contributed by atoms with Crippen LogP contribution in [-0.2, 0) is 14.4 Å². The van der Waals surface area contributed by atoms with Gasteiger partial charge < -0.3 is 42.7 Å². The first-order valence-electron chi connectivity index (χ1n) is 8.34. The predicted octanol–water partition coefficient (Wildman–Crippen LogP) is -1.02. The lowest BCUT2D eigenvalue weighted by atomic mass is 10.1. The summed E-state index contributed by atoms with van der Waals surface area (Å²) in [6.07, 6.45) is 2.05. The highest BCUT2D eigenvalue weighted by Crippen LogP contribution is 2.01. The van der Waals surface area contributed by atoms with Crippen LogP contribution in [0.5, 0.6) is 0 Å². The minimum absolute atomic E-state index is 0.357. The van der Waals surface area contributed by atoms with Gasteiger partial charge in [-0.3, -0.25) is 14.4 Å². The zero-order valence-corrected chi connectivity index (χ0v) is 17.9. The molecule has 0 fully saturated rings. The molecule has 4 atom stereocenters. The molecule has 0 aliphatic heterocycles. The van der Waals surface area contributed by atoms with Gasteiger partial charge in [-0.15, -0.1) is 0 Å². The molecule has 0 aliphatic rings. The third-order valence-corrected chi connectivity index (χ3v) is 3.44. The van der Waals surface area contributed by atoms with Gasteiger partial charge >= 0.3 is 17.9 Å². The molecule has 0 radical (unpaired) electrons. The van der Waals surface area contributed by atoms with Crippen LogP contribution in [0.2, 0.25) is 0 Å². The van der Waals surface area contributed by atoms with Gasteiger partial charge in [0.2, 0.25) is 0 Å². The van der Waals surface area contributed by atoms with Crippen molar-refractivity contribution in [1.29, 1.82) is 0 Å². The summed E-state index contributed by atoms with van der Waals surface area (Å²) >= 11 is 1.60. The number of nitrogens with two attached hydrogens (primary N) is 3. The van der Waals surface area contributed by atoms with E-state index >= 15 is 0 Å². The lowest BCUT2D eigenvalue weighted by molar-refractivity contribution is -0.141. The molecule has 0 saturated carbocycles. The number of carbonyl (C=O) groups is 3. The minimum Gasteiger partial charge on any atom is -0.480 e. The molecule has 4 unspecified atom stereocenters. The minimum atomic E-state index is -1.18. The van der Waals surface area contributed by atoms with Crippen molar-refractivity contribution in [3.05, 3.63) is 0 Å². The second-order valence-corrected chi connectivity index (χ2v) is 6.89. The van der Waals surface area contributed by atoms with Gasteiger partial charge in [-0.25, -0.2) is 0 Å². The Kier molecular flexibility index (Phi) is 26.6. The molecule has 0 aromatic heterocycles. The number of rotatable bonds is 9. The van der Waals surface area contributed by atoms with Gasteiger partial charge in [0, 0.05) is 7.11 Å². The molecule has 0 heterocycles. The molecular weight excluding hydrogens is 394 g/mol. The van der Waals surface area contributed by atoms with Crippen molar-refractivity contribution < 1.29 is 39.9 Å². The topological polar surface area (TPSA) is 230 Å². The van der Waals surface area contributed by atoms with Crippen molar-refractivity contribution in [1.82, 2.24) is 0 Å². The van der Waals surface area contributed by atoms with E-state index < -0.39 is 42.1 Å². The number of aliphatic carboxylic acids is 3. The molecule has 0 saturated heterocycles. The van der Waals surface area contributed by atoms with E-state index in [0.29, 0.717) is 18.8 Å². The van der Waals surface area contributed by atoms with Crippen molar-refractivity contribution in [3.63, 3.8) is 0 Å². The zero-order chi connectivity index (χ0) is 23.4. The van der Waals surface area contributed by atoms with E-state index in [4.69, 9.17) is 42.7 Å². The van der Waals surface area contributed by atoms with Crippen LogP contribution in [0.15, 0.2) is 0 Å². The molecule has 0 aromatic carbocycles. The van der Waals surface area contributed by atoms with Gasteiger partial charge in [-0.2, -0.15) is 11.8 Å². The number of thioether (sulfide) groups is 1. The lowest BCUT2D eigenvalue weighted by Crippen LogP contribution is -2.39. The molecule has 0 bridgehead atoms. The first-order chi connectivity index (χ1) is 12.8. The standard InChI is InChI=1S/C6H13NO2.C5H11NO2S.C4H9NO3.CH4O/c1-4(2)3-5(7)6(8)9;1-9-3-2-4(6)5(7)8;1-2(6)3(5)4(7)8;1-2/h4-5H,3,7H2,1-2H3,(H,8,9);4H,2-3,6H2,1H3,(H,7,8);2-3,6H,5H2,1H3,(H,7,8);2H,1H3. The van der Waals surface area contributed by atoms with Crippen LogP contribution < -0.4 is 17.2 Å². The Morgan fingerprint density at radius 3 is 1.39 bits per heavy atom. The highest BCUT2D eigenvalue weighted by Gasteiger charge is 2.16. The summed E-state index contributed by atoms with van der Waals surface area (Å²) < 4.78 is 0. The number of hydrogen-bond donors (Lipinski definition) is 8. The summed E-state index contributed by atoms with van der Waals surface area (Å²) in [5.74, 6) is -1.84. The Morgan fingerprint density at radius 2 is 1.25 bits per heavy atom. The van der Waals surface area contributed by atoms with Crippen LogP contribution in [0.1, 0.15) is 33.6 Å². The number of carboxylic acid groups (broad SMARTS) is 3. The van der Waals surface area contributed by atoms with E-state index in [1.165, 1.54) is 6.92 Å². The third kappa shape index (κ3) is 26.8. The molecule has 0 aliphatic carbocycles. The second-order valence-electron chi connectivity index (χ2n) is 5.91. The number of aliphatic hydroxyl groups is 2. The summed E-state index contributed by atoms with van der Waals surface area (Å²) in [6, 6.07) is -2.53. The van der Waals surface area contributed by atoms with Crippen LogP contribution in [0.25, 0.3) is 0 Å². The molecule has 0 rings (SSSR count). The van der Waals surface area contributed by atoms with Crippen LogP contribution in [0, 0.1) is 5.92 Å². The van der Waals surface area contributed by atoms with Crippen molar-refractivity contribution in [2.45, 2.75) is 57.8 Å². The summed E-state index contributed by atoms with van der Waals surface area (Å²) in [7, 11) is 1.00. The fraction of sp³-hybridized carbons (Fsp3) is 0.812. The van der Waals surface area contributed by atoms with Crippen LogP contribution >= 0.6 is 11.8 Å². The monoisotopic (exact) mass is 431 g/mol. The Balaban J connectivity index is -0.000000148. The highest BCUT2D eigenvalue weighted by molar-refractivity contribution is 7.98.